The number of hydrogen-bond donors (Lipinski definition) is 1. The minimum absolute atomic E-state index is 0.274. The van der Waals surface area contributed by atoms with Crippen molar-refractivity contribution >= 4 is 17.9 Å². The highest BCUT2D eigenvalue weighted by atomic mass is 16.5. The number of urea groups is 1. The van der Waals surface area contributed by atoms with Crippen LogP contribution in [0.1, 0.15) is 12.0 Å². The molecule has 1 spiro atoms. The number of nitriles is 1. The van der Waals surface area contributed by atoms with Crippen molar-refractivity contribution in [2.75, 3.05) is 19.8 Å². The predicted octanol–water partition coefficient (Wildman–Crippen LogP) is 0.283. The number of hydrogen-bond acceptors (Lipinski definition) is 6. The van der Waals surface area contributed by atoms with Crippen LogP contribution >= 0.6 is 0 Å². The summed E-state index contributed by atoms with van der Waals surface area (Å²) in [5, 5.41) is 11.1. The summed E-state index contributed by atoms with van der Waals surface area (Å²) < 4.78 is 10.1. The zero-order chi connectivity index (χ0) is 16.4. The van der Waals surface area contributed by atoms with Crippen molar-refractivity contribution < 1.29 is 23.9 Å². The van der Waals surface area contributed by atoms with Crippen molar-refractivity contribution in [2.45, 2.75) is 12.0 Å². The Morgan fingerprint density at radius 1 is 1.43 bits per heavy atom. The van der Waals surface area contributed by atoms with Crippen molar-refractivity contribution in [1.82, 2.24) is 10.2 Å². The Hall–Kier alpha value is -3.08. The van der Waals surface area contributed by atoms with Crippen LogP contribution in [0, 0.1) is 11.3 Å². The average molecular weight is 315 g/mol. The van der Waals surface area contributed by atoms with Crippen LogP contribution in [0.4, 0.5) is 4.79 Å². The molecular formula is C15H13N3O5. The van der Waals surface area contributed by atoms with Crippen molar-refractivity contribution in [3.63, 3.8) is 0 Å². The van der Waals surface area contributed by atoms with Crippen LogP contribution in [-0.4, -0.2) is 42.6 Å². The molecular weight excluding hydrogens is 302 g/mol. The normalized spacial score (nSPS) is 22.1. The van der Waals surface area contributed by atoms with Gasteiger partial charge in [-0.15, -0.1) is 0 Å². The number of nitrogens with zero attached hydrogens (tertiary/aromatic N) is 2. The highest BCUT2D eigenvalue weighted by molar-refractivity contribution is 6.09. The number of carbonyl (C=O) groups excluding carboxylic acids is 3. The molecule has 0 aliphatic carbocycles. The summed E-state index contributed by atoms with van der Waals surface area (Å²) in [4.78, 5) is 37.3. The molecule has 0 bridgehead atoms. The van der Waals surface area contributed by atoms with Gasteiger partial charge < -0.3 is 14.8 Å². The molecule has 1 aromatic rings. The van der Waals surface area contributed by atoms with Crippen molar-refractivity contribution in [3.8, 4) is 11.8 Å². The van der Waals surface area contributed by atoms with E-state index in [0.29, 0.717) is 11.3 Å². The van der Waals surface area contributed by atoms with Gasteiger partial charge in [-0.05, 0) is 6.07 Å². The number of fused-ring (bicyclic) bond motifs is 2. The van der Waals surface area contributed by atoms with E-state index in [1.54, 1.807) is 30.3 Å². The van der Waals surface area contributed by atoms with E-state index in [1.807, 2.05) is 0 Å². The third-order valence-electron chi connectivity index (χ3n) is 3.84. The van der Waals surface area contributed by atoms with Gasteiger partial charge in [0.25, 0.3) is 5.91 Å². The lowest BCUT2D eigenvalue weighted by molar-refractivity contribution is -0.147. The van der Waals surface area contributed by atoms with Gasteiger partial charge >= 0.3 is 12.0 Å². The maximum atomic E-state index is 12.8. The molecule has 2 heterocycles. The minimum atomic E-state index is -1.22. The third-order valence-corrected chi connectivity index (χ3v) is 3.84. The van der Waals surface area contributed by atoms with Gasteiger partial charge in [-0.1, -0.05) is 18.2 Å². The standard InChI is InChI=1S/C15H13N3O5/c16-6-8-23-12(19)9-18-13(20)15(17-14(18)21)5-7-22-11-4-2-1-3-10(11)15/h1-4H,5,7-9H2,(H,17,21)/t15-/m1/s1. The van der Waals surface area contributed by atoms with Crippen LogP contribution in [0.15, 0.2) is 24.3 Å². The summed E-state index contributed by atoms with van der Waals surface area (Å²) in [7, 11) is 0. The number of benzene rings is 1. The van der Waals surface area contributed by atoms with Crippen LogP contribution in [0.5, 0.6) is 5.75 Å². The van der Waals surface area contributed by atoms with E-state index in [0.717, 1.165) is 4.90 Å². The van der Waals surface area contributed by atoms with Crippen molar-refractivity contribution in [1.29, 1.82) is 5.26 Å². The SMILES string of the molecule is N#CCOC(=O)CN1C(=O)N[C@@]2(CCOc3ccccc32)C1=O. The van der Waals surface area contributed by atoms with Gasteiger partial charge in [0.05, 0.1) is 6.61 Å². The largest absolute Gasteiger partial charge is 0.493 e. The zero-order valence-electron chi connectivity index (χ0n) is 12.1. The van der Waals surface area contributed by atoms with Gasteiger partial charge in [0.2, 0.25) is 0 Å². The van der Waals surface area contributed by atoms with Crippen molar-refractivity contribution in [3.05, 3.63) is 29.8 Å². The molecule has 23 heavy (non-hydrogen) atoms. The maximum absolute atomic E-state index is 12.8. The quantitative estimate of drug-likeness (QED) is 0.634. The molecule has 2 aliphatic rings. The number of para-hydroxylation sites is 1. The molecule has 3 rings (SSSR count). The molecule has 118 valence electrons. The molecule has 0 radical (unpaired) electrons. The Labute approximate surface area is 131 Å². The lowest BCUT2D eigenvalue weighted by Crippen LogP contribution is -2.47. The molecule has 8 heteroatoms. The number of rotatable bonds is 3. The molecule has 0 unspecified atom stereocenters. The van der Waals surface area contributed by atoms with Gasteiger partial charge in [-0.2, -0.15) is 5.26 Å². The highest BCUT2D eigenvalue weighted by Crippen LogP contribution is 2.40. The molecule has 3 amide bonds. The molecule has 1 aromatic carbocycles. The predicted molar refractivity (Wildman–Crippen MR) is 75.0 cm³/mol. The Balaban J connectivity index is 1.88. The van der Waals surface area contributed by atoms with Crippen LogP contribution in [0.25, 0.3) is 0 Å². The van der Waals surface area contributed by atoms with E-state index < -0.39 is 36.6 Å². The lowest BCUT2D eigenvalue weighted by Gasteiger charge is -2.33. The first kappa shape index (κ1) is 14.8. The third kappa shape index (κ3) is 2.36. The zero-order valence-corrected chi connectivity index (χ0v) is 12.1. The molecule has 1 fully saturated rings. The number of imide groups is 1. The second-order valence-electron chi connectivity index (χ2n) is 5.14. The topological polar surface area (TPSA) is 109 Å². The summed E-state index contributed by atoms with van der Waals surface area (Å²) in [6, 6.07) is 7.94. The maximum Gasteiger partial charge on any atom is 0.327 e. The first-order chi connectivity index (χ1) is 11.1. The molecule has 1 saturated heterocycles. The number of ether oxygens (including phenoxy) is 2. The second kappa shape index (κ2) is 5.61. The Morgan fingerprint density at radius 2 is 2.22 bits per heavy atom. The molecule has 0 saturated carbocycles. The van der Waals surface area contributed by atoms with Crippen LogP contribution < -0.4 is 10.1 Å². The first-order valence-corrected chi connectivity index (χ1v) is 6.97. The lowest BCUT2D eigenvalue weighted by atomic mass is 9.84. The molecule has 1 atom stereocenters. The van der Waals surface area contributed by atoms with Gasteiger partial charge in [0, 0.05) is 12.0 Å². The Kier molecular flexibility index (Phi) is 3.62. The van der Waals surface area contributed by atoms with Crippen LogP contribution in [-0.2, 0) is 19.9 Å². The summed E-state index contributed by atoms with van der Waals surface area (Å²) in [5.74, 6) is -0.805. The Bertz CT molecular complexity index is 726. The summed E-state index contributed by atoms with van der Waals surface area (Å²) in [6.07, 6.45) is 0.276. The smallest absolute Gasteiger partial charge is 0.327 e. The summed E-state index contributed by atoms with van der Waals surface area (Å²) in [5.41, 5.74) is -0.654. The van der Waals surface area contributed by atoms with E-state index >= 15 is 0 Å². The Morgan fingerprint density at radius 3 is 3.00 bits per heavy atom. The highest BCUT2D eigenvalue weighted by Gasteiger charge is 2.55. The average Bonchev–Trinajstić information content (AvgIpc) is 2.78. The number of amides is 3. The van der Waals surface area contributed by atoms with E-state index in [9.17, 15) is 14.4 Å². The van der Waals surface area contributed by atoms with Gasteiger partial charge in [0.1, 0.15) is 18.4 Å². The summed E-state index contributed by atoms with van der Waals surface area (Å²) >= 11 is 0. The number of carbonyl (C=O) groups is 3. The van der Waals surface area contributed by atoms with Gasteiger partial charge in [0.15, 0.2) is 12.1 Å². The van der Waals surface area contributed by atoms with Gasteiger partial charge in [-0.25, -0.2) is 4.79 Å². The minimum Gasteiger partial charge on any atom is -0.493 e. The van der Waals surface area contributed by atoms with Crippen LogP contribution in [0.2, 0.25) is 0 Å². The van der Waals surface area contributed by atoms with E-state index in [1.165, 1.54) is 0 Å². The molecule has 0 aromatic heterocycles. The fraction of sp³-hybridized carbons (Fsp3) is 0.333. The van der Waals surface area contributed by atoms with Crippen LogP contribution in [0.3, 0.4) is 0 Å². The fourth-order valence-corrected chi connectivity index (χ4v) is 2.80. The fourth-order valence-electron chi connectivity index (χ4n) is 2.80. The van der Waals surface area contributed by atoms with E-state index in [4.69, 9.17) is 10.00 Å². The number of nitrogens with one attached hydrogen (secondary N) is 1. The van der Waals surface area contributed by atoms with Gasteiger partial charge in [-0.3, -0.25) is 14.5 Å². The van der Waals surface area contributed by atoms with E-state index in [-0.39, 0.29) is 13.0 Å². The second-order valence-corrected chi connectivity index (χ2v) is 5.14. The van der Waals surface area contributed by atoms with E-state index in [2.05, 4.69) is 10.1 Å². The number of esters is 1. The molecule has 1 N–H and O–H groups in total. The monoisotopic (exact) mass is 315 g/mol. The molecule has 8 nitrogen and oxygen atoms in total. The first-order valence-electron chi connectivity index (χ1n) is 6.97. The molecule has 2 aliphatic heterocycles. The van der Waals surface area contributed by atoms with Crippen molar-refractivity contribution in [2.24, 2.45) is 0 Å². The summed E-state index contributed by atoms with van der Waals surface area (Å²) in [6.45, 7) is -0.683.